The fourth-order valence-electron chi connectivity index (χ4n) is 1.08. The fourth-order valence-corrected chi connectivity index (χ4v) is 2.04. The van der Waals surface area contributed by atoms with Crippen molar-refractivity contribution < 1.29 is 14.6 Å². The summed E-state index contributed by atoms with van der Waals surface area (Å²) in [5.41, 5.74) is 6.32. The summed E-state index contributed by atoms with van der Waals surface area (Å²) in [7, 11) is 1.56. The van der Waals surface area contributed by atoms with Crippen LogP contribution in [0.5, 0.6) is 5.88 Å². The van der Waals surface area contributed by atoms with Crippen LogP contribution >= 0.6 is 11.8 Å². The summed E-state index contributed by atoms with van der Waals surface area (Å²) in [6, 6.07) is 2.88. The topological polar surface area (TPSA) is 85.4 Å². The first kappa shape index (κ1) is 12.8. The van der Waals surface area contributed by atoms with Gasteiger partial charge in [-0.15, -0.1) is 0 Å². The molecule has 1 atom stereocenters. The predicted octanol–water partition coefficient (Wildman–Crippen LogP) is 0.735. The zero-order valence-corrected chi connectivity index (χ0v) is 9.74. The maximum absolute atomic E-state index is 10.5. The molecule has 0 aliphatic heterocycles. The molecule has 0 unspecified atom stereocenters. The SMILES string of the molecule is COc1ncccc1CSC[C@H](N)C(=O)O. The number of aromatic nitrogens is 1. The maximum atomic E-state index is 10.5. The van der Waals surface area contributed by atoms with Crippen molar-refractivity contribution in [2.24, 2.45) is 5.73 Å². The Bertz CT molecular complexity index is 360. The first-order valence-corrected chi connectivity index (χ1v) is 5.84. The first-order valence-electron chi connectivity index (χ1n) is 4.69. The third kappa shape index (κ3) is 3.71. The van der Waals surface area contributed by atoms with E-state index in [2.05, 4.69) is 4.98 Å². The molecule has 0 aliphatic carbocycles. The van der Waals surface area contributed by atoms with Gasteiger partial charge in [0.2, 0.25) is 5.88 Å². The van der Waals surface area contributed by atoms with Gasteiger partial charge in [-0.2, -0.15) is 11.8 Å². The van der Waals surface area contributed by atoms with Gasteiger partial charge in [0.15, 0.2) is 0 Å². The van der Waals surface area contributed by atoms with Crippen molar-refractivity contribution in [1.82, 2.24) is 4.98 Å². The van der Waals surface area contributed by atoms with E-state index in [0.29, 0.717) is 17.4 Å². The lowest BCUT2D eigenvalue weighted by molar-refractivity contribution is -0.137. The molecule has 0 aliphatic rings. The van der Waals surface area contributed by atoms with Crippen LogP contribution in [-0.2, 0) is 10.5 Å². The van der Waals surface area contributed by atoms with Gasteiger partial charge in [0.25, 0.3) is 0 Å². The summed E-state index contributed by atoms with van der Waals surface area (Å²) in [4.78, 5) is 14.5. The summed E-state index contributed by atoms with van der Waals surface area (Å²) >= 11 is 1.45. The number of carbonyl (C=O) groups is 1. The van der Waals surface area contributed by atoms with E-state index >= 15 is 0 Å². The molecule has 0 fully saturated rings. The molecule has 3 N–H and O–H groups in total. The van der Waals surface area contributed by atoms with E-state index in [-0.39, 0.29) is 0 Å². The van der Waals surface area contributed by atoms with Crippen molar-refractivity contribution in [1.29, 1.82) is 0 Å². The van der Waals surface area contributed by atoms with Crippen LogP contribution < -0.4 is 10.5 Å². The standard InChI is InChI=1S/C10H14N2O3S/c1-15-9-7(3-2-4-12-9)5-16-6-8(11)10(13)14/h2-4,8H,5-6,11H2,1H3,(H,13,14)/t8-/m0/s1. The van der Waals surface area contributed by atoms with E-state index in [1.807, 2.05) is 12.1 Å². The molecule has 1 aromatic heterocycles. The zero-order valence-electron chi connectivity index (χ0n) is 8.92. The van der Waals surface area contributed by atoms with Crippen molar-refractivity contribution in [3.63, 3.8) is 0 Å². The van der Waals surface area contributed by atoms with Gasteiger partial charge in [0, 0.05) is 23.3 Å². The van der Waals surface area contributed by atoms with Gasteiger partial charge in [-0.05, 0) is 6.07 Å². The molecule has 0 amide bonds. The van der Waals surface area contributed by atoms with Crippen LogP contribution in [0.25, 0.3) is 0 Å². The molecular weight excluding hydrogens is 228 g/mol. The molecule has 16 heavy (non-hydrogen) atoms. The van der Waals surface area contributed by atoms with Gasteiger partial charge in [-0.25, -0.2) is 4.98 Å². The average Bonchev–Trinajstić information content (AvgIpc) is 2.29. The minimum atomic E-state index is -0.981. The number of pyridine rings is 1. The largest absolute Gasteiger partial charge is 0.481 e. The van der Waals surface area contributed by atoms with Gasteiger partial charge in [0.1, 0.15) is 6.04 Å². The van der Waals surface area contributed by atoms with Crippen molar-refractivity contribution in [3.05, 3.63) is 23.9 Å². The van der Waals surface area contributed by atoms with Crippen LogP contribution in [0.1, 0.15) is 5.56 Å². The van der Waals surface area contributed by atoms with E-state index < -0.39 is 12.0 Å². The molecule has 0 saturated heterocycles. The molecule has 0 bridgehead atoms. The molecule has 1 heterocycles. The molecule has 0 spiro atoms. The van der Waals surface area contributed by atoms with Crippen LogP contribution in [0.4, 0.5) is 0 Å². The molecule has 0 aromatic carbocycles. The van der Waals surface area contributed by atoms with Crippen LogP contribution in [0.3, 0.4) is 0 Å². The Kier molecular flexibility index (Phi) is 5.07. The van der Waals surface area contributed by atoms with Gasteiger partial charge >= 0.3 is 5.97 Å². The first-order chi connectivity index (χ1) is 7.65. The molecular formula is C10H14N2O3S. The van der Waals surface area contributed by atoms with Gasteiger partial charge in [-0.3, -0.25) is 4.79 Å². The number of carboxylic acid groups (broad SMARTS) is 1. The Morgan fingerprint density at radius 1 is 1.75 bits per heavy atom. The maximum Gasteiger partial charge on any atom is 0.321 e. The predicted molar refractivity (Wildman–Crippen MR) is 62.6 cm³/mol. The molecule has 0 saturated carbocycles. The number of nitrogens with zero attached hydrogens (tertiary/aromatic N) is 1. The van der Waals surface area contributed by atoms with E-state index in [0.717, 1.165) is 5.56 Å². The lowest BCUT2D eigenvalue weighted by atomic mass is 10.3. The molecule has 88 valence electrons. The monoisotopic (exact) mass is 242 g/mol. The van der Waals surface area contributed by atoms with Crippen LogP contribution in [-0.4, -0.2) is 35.0 Å². The average molecular weight is 242 g/mol. The number of rotatable bonds is 6. The lowest BCUT2D eigenvalue weighted by Crippen LogP contribution is -2.32. The van der Waals surface area contributed by atoms with E-state index in [4.69, 9.17) is 15.6 Å². The summed E-state index contributed by atoms with van der Waals surface area (Å²) < 4.78 is 5.08. The number of thioether (sulfide) groups is 1. The van der Waals surface area contributed by atoms with E-state index in [1.54, 1.807) is 13.3 Å². The normalized spacial score (nSPS) is 12.1. The van der Waals surface area contributed by atoms with Crippen LogP contribution in [0.15, 0.2) is 18.3 Å². The lowest BCUT2D eigenvalue weighted by Gasteiger charge is -2.08. The summed E-state index contributed by atoms with van der Waals surface area (Å²) in [5.74, 6) is 0.593. The Morgan fingerprint density at radius 3 is 3.12 bits per heavy atom. The highest BCUT2D eigenvalue weighted by molar-refractivity contribution is 7.98. The summed E-state index contributed by atoms with van der Waals surface area (Å²) in [5, 5.41) is 8.60. The highest BCUT2D eigenvalue weighted by Gasteiger charge is 2.11. The van der Waals surface area contributed by atoms with Gasteiger partial charge in [-0.1, -0.05) is 6.07 Å². The van der Waals surface area contributed by atoms with E-state index in [9.17, 15) is 4.79 Å². The molecule has 0 radical (unpaired) electrons. The van der Waals surface area contributed by atoms with Crippen LogP contribution in [0.2, 0.25) is 0 Å². The Morgan fingerprint density at radius 2 is 2.50 bits per heavy atom. The number of methoxy groups -OCH3 is 1. The second-order valence-electron chi connectivity index (χ2n) is 3.13. The number of aliphatic carboxylic acids is 1. The number of carboxylic acids is 1. The van der Waals surface area contributed by atoms with Crippen LogP contribution in [0, 0.1) is 0 Å². The quantitative estimate of drug-likeness (QED) is 0.765. The van der Waals surface area contributed by atoms with Gasteiger partial charge < -0.3 is 15.6 Å². The Labute approximate surface area is 98.0 Å². The molecule has 6 heteroatoms. The second-order valence-corrected chi connectivity index (χ2v) is 4.16. The number of nitrogens with two attached hydrogens (primary N) is 1. The highest BCUT2D eigenvalue weighted by atomic mass is 32.2. The highest BCUT2D eigenvalue weighted by Crippen LogP contribution is 2.20. The third-order valence-electron chi connectivity index (χ3n) is 1.92. The smallest absolute Gasteiger partial charge is 0.321 e. The summed E-state index contributed by atoms with van der Waals surface area (Å²) in [6.07, 6.45) is 1.65. The minimum Gasteiger partial charge on any atom is -0.481 e. The van der Waals surface area contributed by atoms with Crippen molar-refractivity contribution in [2.45, 2.75) is 11.8 Å². The number of hydrogen-bond donors (Lipinski definition) is 2. The van der Waals surface area contributed by atoms with Gasteiger partial charge in [0.05, 0.1) is 7.11 Å². The van der Waals surface area contributed by atoms with Crippen molar-refractivity contribution in [2.75, 3.05) is 12.9 Å². The second kappa shape index (κ2) is 6.34. The van der Waals surface area contributed by atoms with Crippen molar-refractivity contribution >= 4 is 17.7 Å². The summed E-state index contributed by atoms with van der Waals surface area (Å²) in [6.45, 7) is 0. The Hall–Kier alpha value is -1.27. The number of hydrogen-bond acceptors (Lipinski definition) is 5. The van der Waals surface area contributed by atoms with E-state index in [1.165, 1.54) is 11.8 Å². The molecule has 5 nitrogen and oxygen atoms in total. The fraction of sp³-hybridized carbons (Fsp3) is 0.400. The Balaban J connectivity index is 2.45. The minimum absolute atomic E-state index is 0.368. The molecule has 1 rings (SSSR count). The third-order valence-corrected chi connectivity index (χ3v) is 3.03. The molecule has 1 aromatic rings. The van der Waals surface area contributed by atoms with Crippen molar-refractivity contribution in [3.8, 4) is 5.88 Å². The number of ether oxygens (including phenoxy) is 1. The zero-order chi connectivity index (χ0) is 12.0.